The molecule has 9 nitrogen and oxygen atoms in total. The van der Waals surface area contributed by atoms with Crippen LogP contribution in [0.15, 0.2) is 53.7 Å². The first-order valence-corrected chi connectivity index (χ1v) is 11.0. The van der Waals surface area contributed by atoms with Gasteiger partial charge in [0.05, 0.1) is 38.1 Å². The van der Waals surface area contributed by atoms with Crippen LogP contribution in [0, 0.1) is 0 Å². The number of rotatable bonds is 7. The van der Waals surface area contributed by atoms with Gasteiger partial charge in [0.15, 0.2) is 5.11 Å². The van der Waals surface area contributed by atoms with Gasteiger partial charge >= 0.3 is 12.0 Å². The third-order valence-electron chi connectivity index (χ3n) is 5.41. The maximum atomic E-state index is 12.6. The SMILES string of the molecule is CCOC(=O)C1=C(C)N(C)C(=S)NC1c1ccc(NC(=O)Nc2ccc(OC)cc2OC)cc1. The smallest absolute Gasteiger partial charge is 0.338 e. The number of carbonyl (C=O) groups excluding carboxylic acids is 2. The van der Waals surface area contributed by atoms with Crippen LogP contribution in [0.1, 0.15) is 25.5 Å². The number of anilines is 2. The van der Waals surface area contributed by atoms with E-state index in [1.807, 2.05) is 19.1 Å². The molecule has 0 saturated carbocycles. The summed E-state index contributed by atoms with van der Waals surface area (Å²) in [6, 6.07) is 11.3. The molecule has 1 unspecified atom stereocenters. The minimum atomic E-state index is -0.464. The lowest BCUT2D eigenvalue weighted by Gasteiger charge is -2.35. The van der Waals surface area contributed by atoms with Gasteiger partial charge in [0.25, 0.3) is 0 Å². The Morgan fingerprint density at radius 3 is 2.41 bits per heavy atom. The van der Waals surface area contributed by atoms with E-state index in [9.17, 15) is 9.59 Å². The molecule has 0 saturated heterocycles. The Labute approximate surface area is 204 Å². The molecule has 0 aliphatic carbocycles. The molecule has 1 aliphatic rings. The topological polar surface area (TPSA) is 101 Å². The predicted molar refractivity (Wildman–Crippen MR) is 134 cm³/mol. The predicted octanol–water partition coefficient (Wildman–Crippen LogP) is 4.05. The summed E-state index contributed by atoms with van der Waals surface area (Å²) in [5.74, 6) is 0.691. The van der Waals surface area contributed by atoms with E-state index in [-0.39, 0.29) is 6.61 Å². The first kappa shape index (κ1) is 24.8. The normalized spacial score (nSPS) is 15.4. The Morgan fingerprint density at radius 1 is 1.09 bits per heavy atom. The first-order chi connectivity index (χ1) is 16.3. The number of methoxy groups -OCH3 is 2. The fraction of sp³-hybridized carbons (Fsp3) is 0.292. The van der Waals surface area contributed by atoms with E-state index in [1.54, 1.807) is 56.3 Å². The van der Waals surface area contributed by atoms with Crippen LogP contribution in [0.25, 0.3) is 0 Å². The second kappa shape index (κ2) is 10.9. The van der Waals surface area contributed by atoms with E-state index < -0.39 is 18.0 Å². The number of nitrogens with one attached hydrogen (secondary N) is 3. The third-order valence-corrected chi connectivity index (χ3v) is 5.80. The summed E-state index contributed by atoms with van der Waals surface area (Å²) >= 11 is 5.41. The monoisotopic (exact) mass is 484 g/mol. The molecule has 1 aliphatic heterocycles. The molecule has 180 valence electrons. The Bertz CT molecular complexity index is 1120. The zero-order valence-electron chi connectivity index (χ0n) is 19.7. The molecule has 0 fully saturated rings. The molecule has 2 amide bonds. The minimum Gasteiger partial charge on any atom is -0.497 e. The Balaban J connectivity index is 1.76. The number of esters is 1. The highest BCUT2D eigenvalue weighted by atomic mass is 32.1. The van der Waals surface area contributed by atoms with Crippen molar-refractivity contribution in [3.8, 4) is 11.5 Å². The molecule has 1 atom stereocenters. The highest BCUT2D eigenvalue weighted by molar-refractivity contribution is 7.80. The van der Waals surface area contributed by atoms with E-state index in [4.69, 9.17) is 26.4 Å². The standard InChI is InChI=1S/C24H28N4O5S/c1-6-33-22(29)20-14(2)28(3)24(34)27-21(20)15-7-9-16(10-8-15)25-23(30)26-18-12-11-17(31-4)13-19(18)32-5/h7-13,21H,6H2,1-5H3,(H,27,34)(H2,25,26,30). The van der Waals surface area contributed by atoms with E-state index in [0.717, 1.165) is 11.3 Å². The zero-order chi connectivity index (χ0) is 24.8. The largest absolute Gasteiger partial charge is 0.497 e. The maximum absolute atomic E-state index is 12.6. The van der Waals surface area contributed by atoms with Crippen molar-refractivity contribution < 1.29 is 23.8 Å². The number of amides is 2. The summed E-state index contributed by atoms with van der Waals surface area (Å²) in [6.07, 6.45) is 0. The van der Waals surface area contributed by atoms with Gasteiger partial charge in [-0.1, -0.05) is 12.1 Å². The summed E-state index contributed by atoms with van der Waals surface area (Å²) in [5, 5.41) is 9.24. The van der Waals surface area contributed by atoms with Gasteiger partial charge in [-0.25, -0.2) is 9.59 Å². The van der Waals surface area contributed by atoms with Crippen molar-refractivity contribution in [3.63, 3.8) is 0 Å². The van der Waals surface area contributed by atoms with Crippen molar-refractivity contribution in [2.75, 3.05) is 38.5 Å². The van der Waals surface area contributed by atoms with Gasteiger partial charge in [-0.3, -0.25) is 0 Å². The molecule has 2 aromatic rings. The molecule has 0 bridgehead atoms. The fourth-order valence-electron chi connectivity index (χ4n) is 3.50. The molecule has 10 heteroatoms. The molecule has 0 aromatic heterocycles. The summed E-state index contributed by atoms with van der Waals surface area (Å²) in [5.41, 5.74) is 3.09. The number of carbonyl (C=O) groups is 2. The van der Waals surface area contributed by atoms with Crippen molar-refractivity contribution in [1.82, 2.24) is 10.2 Å². The van der Waals surface area contributed by atoms with Crippen molar-refractivity contribution in [2.24, 2.45) is 0 Å². The van der Waals surface area contributed by atoms with E-state index in [1.165, 1.54) is 7.11 Å². The third kappa shape index (κ3) is 5.40. The maximum Gasteiger partial charge on any atom is 0.338 e. The number of hydrogen-bond donors (Lipinski definition) is 3. The molecule has 2 aromatic carbocycles. The highest BCUT2D eigenvalue weighted by Crippen LogP contribution is 2.32. The number of hydrogen-bond acceptors (Lipinski definition) is 6. The average Bonchev–Trinajstić information content (AvgIpc) is 2.83. The van der Waals surface area contributed by atoms with Crippen LogP contribution >= 0.6 is 12.2 Å². The second-order valence-corrected chi connectivity index (χ2v) is 7.82. The van der Waals surface area contributed by atoms with Gasteiger partial charge in [-0.2, -0.15) is 0 Å². The van der Waals surface area contributed by atoms with Crippen LogP contribution in [-0.2, 0) is 9.53 Å². The summed E-state index contributed by atoms with van der Waals surface area (Å²) in [4.78, 5) is 26.9. The molecule has 0 spiro atoms. The number of thiocarbonyl (C=S) groups is 1. The van der Waals surface area contributed by atoms with Gasteiger partial charge in [-0.05, 0) is 55.9 Å². The Kier molecular flexibility index (Phi) is 7.95. The Hall–Kier alpha value is -3.79. The van der Waals surface area contributed by atoms with E-state index in [0.29, 0.717) is 33.6 Å². The quantitative estimate of drug-likeness (QED) is 0.400. The van der Waals surface area contributed by atoms with Crippen molar-refractivity contribution >= 4 is 40.7 Å². The molecule has 34 heavy (non-hydrogen) atoms. The number of urea groups is 1. The highest BCUT2D eigenvalue weighted by Gasteiger charge is 2.33. The minimum absolute atomic E-state index is 0.271. The number of benzene rings is 2. The van der Waals surface area contributed by atoms with Gasteiger partial charge in [0.2, 0.25) is 0 Å². The van der Waals surface area contributed by atoms with E-state index >= 15 is 0 Å². The van der Waals surface area contributed by atoms with Crippen LogP contribution in [0.2, 0.25) is 0 Å². The molecule has 3 N–H and O–H groups in total. The molecule has 0 radical (unpaired) electrons. The zero-order valence-corrected chi connectivity index (χ0v) is 20.5. The molecular weight excluding hydrogens is 456 g/mol. The van der Waals surface area contributed by atoms with Gasteiger partial charge in [0, 0.05) is 24.5 Å². The van der Waals surface area contributed by atoms with Crippen molar-refractivity contribution in [1.29, 1.82) is 0 Å². The lowest BCUT2D eigenvalue weighted by Crippen LogP contribution is -2.46. The van der Waals surface area contributed by atoms with Crippen molar-refractivity contribution in [2.45, 2.75) is 19.9 Å². The van der Waals surface area contributed by atoms with Crippen LogP contribution in [0.3, 0.4) is 0 Å². The number of nitrogens with zero attached hydrogens (tertiary/aromatic N) is 1. The van der Waals surface area contributed by atoms with Crippen LogP contribution in [-0.4, -0.2) is 49.9 Å². The molecule has 1 heterocycles. The molecule has 3 rings (SSSR count). The number of ether oxygens (including phenoxy) is 3. The van der Waals surface area contributed by atoms with E-state index in [2.05, 4.69) is 16.0 Å². The molecular formula is C24H28N4O5S. The lowest BCUT2D eigenvalue weighted by molar-refractivity contribution is -0.139. The fourth-order valence-corrected chi connectivity index (χ4v) is 3.76. The summed E-state index contributed by atoms with van der Waals surface area (Å²) < 4.78 is 15.7. The van der Waals surface area contributed by atoms with Crippen LogP contribution < -0.4 is 25.4 Å². The van der Waals surface area contributed by atoms with Crippen LogP contribution in [0.5, 0.6) is 11.5 Å². The van der Waals surface area contributed by atoms with Crippen LogP contribution in [0.4, 0.5) is 16.2 Å². The summed E-state index contributed by atoms with van der Waals surface area (Å²) in [7, 11) is 4.86. The van der Waals surface area contributed by atoms with Gasteiger partial charge in [-0.15, -0.1) is 0 Å². The summed E-state index contributed by atoms with van der Waals surface area (Å²) in [6.45, 7) is 3.87. The average molecular weight is 485 g/mol. The lowest BCUT2D eigenvalue weighted by atomic mass is 9.95. The van der Waals surface area contributed by atoms with Crippen molar-refractivity contribution in [3.05, 3.63) is 59.3 Å². The second-order valence-electron chi connectivity index (χ2n) is 7.43. The Morgan fingerprint density at radius 2 is 1.79 bits per heavy atom. The number of allylic oxidation sites excluding steroid dienone is 1. The van der Waals surface area contributed by atoms with Gasteiger partial charge < -0.3 is 35.1 Å². The first-order valence-electron chi connectivity index (χ1n) is 10.6. The van der Waals surface area contributed by atoms with Gasteiger partial charge in [0.1, 0.15) is 11.5 Å².